The lowest BCUT2D eigenvalue weighted by Crippen LogP contribution is -2.46. The van der Waals surface area contributed by atoms with Crippen LogP contribution in [0.3, 0.4) is 0 Å². The summed E-state index contributed by atoms with van der Waals surface area (Å²) < 4.78 is 0. The average Bonchev–Trinajstić information content (AvgIpc) is 3.39. The smallest absolute Gasteiger partial charge is 0.324 e. The molecule has 2 fully saturated rings. The van der Waals surface area contributed by atoms with Crippen LogP contribution in [-0.2, 0) is 16.8 Å². The summed E-state index contributed by atoms with van der Waals surface area (Å²) in [7, 11) is 0. The second-order valence-electron chi connectivity index (χ2n) is 9.87. The highest BCUT2D eigenvalue weighted by atomic mass is 16.2. The van der Waals surface area contributed by atoms with Gasteiger partial charge < -0.3 is 14.7 Å². The molecule has 0 unspecified atom stereocenters. The fourth-order valence-corrected chi connectivity index (χ4v) is 5.26. The van der Waals surface area contributed by atoms with Gasteiger partial charge in [-0.15, -0.1) is 0 Å². The fraction of sp³-hybridized carbons (Fsp3) is 0.522. The van der Waals surface area contributed by atoms with Crippen molar-refractivity contribution in [1.29, 1.82) is 0 Å². The van der Waals surface area contributed by atoms with Gasteiger partial charge in [0.2, 0.25) is 5.91 Å². The molecule has 3 aliphatic heterocycles. The van der Waals surface area contributed by atoms with E-state index < -0.39 is 0 Å². The molecule has 4 amide bonds. The SMILES string of the molecule is Cc1cc(C(=O)N2Cc3cn[nH]c3C(C)(C)C2)cc(N2CCC(N3CC(=O)NC3=O)CC2)n1. The number of hydrogen-bond acceptors (Lipinski definition) is 6. The number of hydrogen-bond donors (Lipinski definition) is 2. The molecule has 5 rings (SSSR count). The second kappa shape index (κ2) is 7.86. The summed E-state index contributed by atoms with van der Waals surface area (Å²) in [5, 5.41) is 9.61. The first-order valence-electron chi connectivity index (χ1n) is 11.4. The van der Waals surface area contributed by atoms with Crippen LogP contribution in [0.15, 0.2) is 18.3 Å². The normalized spacial score (nSPS) is 20.8. The van der Waals surface area contributed by atoms with E-state index in [4.69, 9.17) is 0 Å². The van der Waals surface area contributed by atoms with Gasteiger partial charge in [-0.3, -0.25) is 20.0 Å². The van der Waals surface area contributed by atoms with Gasteiger partial charge in [-0.1, -0.05) is 13.8 Å². The third-order valence-electron chi connectivity index (χ3n) is 6.87. The zero-order valence-electron chi connectivity index (χ0n) is 19.2. The van der Waals surface area contributed by atoms with Gasteiger partial charge >= 0.3 is 6.03 Å². The number of urea groups is 1. The molecular weight excluding hydrogens is 422 g/mol. The number of aryl methyl sites for hydroxylation is 1. The van der Waals surface area contributed by atoms with Crippen molar-refractivity contribution in [2.24, 2.45) is 0 Å². The van der Waals surface area contributed by atoms with Crippen molar-refractivity contribution in [2.45, 2.75) is 51.6 Å². The van der Waals surface area contributed by atoms with E-state index in [1.54, 1.807) is 11.1 Å². The van der Waals surface area contributed by atoms with Crippen molar-refractivity contribution in [3.63, 3.8) is 0 Å². The number of aromatic nitrogens is 3. The molecule has 0 saturated carbocycles. The number of piperidine rings is 1. The third kappa shape index (κ3) is 3.94. The third-order valence-corrected chi connectivity index (χ3v) is 6.87. The van der Waals surface area contributed by atoms with E-state index in [0.717, 1.165) is 35.6 Å². The number of aromatic amines is 1. The Bertz CT molecular complexity index is 1120. The van der Waals surface area contributed by atoms with Crippen LogP contribution in [0.5, 0.6) is 0 Å². The first kappa shape index (κ1) is 21.4. The van der Waals surface area contributed by atoms with Crippen molar-refractivity contribution in [2.75, 3.05) is 31.1 Å². The summed E-state index contributed by atoms with van der Waals surface area (Å²) >= 11 is 0. The molecule has 5 heterocycles. The Balaban J connectivity index is 1.31. The summed E-state index contributed by atoms with van der Waals surface area (Å²) in [6.07, 6.45) is 3.31. The van der Waals surface area contributed by atoms with Crippen LogP contribution in [0.4, 0.5) is 10.6 Å². The molecule has 2 aromatic rings. The highest BCUT2D eigenvalue weighted by molar-refractivity contribution is 6.02. The van der Waals surface area contributed by atoms with Crippen molar-refractivity contribution >= 4 is 23.7 Å². The first-order chi connectivity index (χ1) is 15.7. The minimum atomic E-state index is -0.301. The van der Waals surface area contributed by atoms with E-state index in [1.165, 1.54) is 0 Å². The second-order valence-corrected chi connectivity index (χ2v) is 9.87. The molecule has 33 heavy (non-hydrogen) atoms. The number of fused-ring (bicyclic) bond motifs is 1. The summed E-state index contributed by atoms with van der Waals surface area (Å²) in [5.41, 5.74) is 3.37. The number of imide groups is 1. The summed E-state index contributed by atoms with van der Waals surface area (Å²) in [6.45, 7) is 8.84. The maximum absolute atomic E-state index is 13.5. The van der Waals surface area contributed by atoms with Gasteiger partial charge in [0.15, 0.2) is 0 Å². The lowest BCUT2D eigenvalue weighted by Gasteiger charge is -2.38. The Hall–Kier alpha value is -3.43. The lowest BCUT2D eigenvalue weighted by molar-refractivity contribution is -0.118. The average molecular weight is 452 g/mol. The maximum atomic E-state index is 13.5. The topological polar surface area (TPSA) is 115 Å². The van der Waals surface area contributed by atoms with Crippen molar-refractivity contribution < 1.29 is 14.4 Å². The Morgan fingerprint density at radius 3 is 2.61 bits per heavy atom. The van der Waals surface area contributed by atoms with Gasteiger partial charge in [0.05, 0.1) is 6.20 Å². The molecule has 3 aliphatic rings. The van der Waals surface area contributed by atoms with Crippen molar-refractivity contribution in [1.82, 2.24) is 30.3 Å². The quantitative estimate of drug-likeness (QED) is 0.685. The van der Waals surface area contributed by atoms with Crippen LogP contribution in [0, 0.1) is 6.92 Å². The Labute approximate surface area is 192 Å². The Morgan fingerprint density at radius 1 is 1.15 bits per heavy atom. The molecular formula is C23H29N7O3. The molecule has 2 aromatic heterocycles. The fourth-order valence-electron chi connectivity index (χ4n) is 5.26. The number of nitrogens with zero attached hydrogens (tertiary/aromatic N) is 5. The molecule has 2 saturated heterocycles. The number of nitrogens with one attached hydrogen (secondary N) is 2. The molecule has 10 nitrogen and oxygen atoms in total. The largest absolute Gasteiger partial charge is 0.356 e. The number of amides is 4. The van der Waals surface area contributed by atoms with Crippen LogP contribution in [0.25, 0.3) is 0 Å². The van der Waals surface area contributed by atoms with E-state index in [-0.39, 0.29) is 35.8 Å². The molecule has 0 radical (unpaired) electrons. The van der Waals surface area contributed by atoms with E-state index in [0.29, 0.717) is 31.7 Å². The summed E-state index contributed by atoms with van der Waals surface area (Å²) in [6, 6.07) is 3.46. The molecule has 2 N–H and O–H groups in total. The van der Waals surface area contributed by atoms with E-state index in [2.05, 4.69) is 39.2 Å². The molecule has 174 valence electrons. The standard InChI is InChI=1S/C23H29N7O3/c1-14-8-15(21(32)29-11-16-10-24-27-20(16)23(2,3)13-29)9-18(25-14)28-6-4-17(5-7-28)30-12-19(31)26-22(30)33/h8-10,17H,4-7,11-13H2,1-3H3,(H,24,27)(H,26,31,33). The predicted molar refractivity (Wildman–Crippen MR) is 121 cm³/mol. The van der Waals surface area contributed by atoms with Gasteiger partial charge in [-0.05, 0) is 31.9 Å². The number of carbonyl (C=O) groups excluding carboxylic acids is 3. The molecule has 0 atom stereocenters. The Morgan fingerprint density at radius 2 is 1.91 bits per heavy atom. The summed E-state index contributed by atoms with van der Waals surface area (Å²) in [4.78, 5) is 47.3. The van der Waals surface area contributed by atoms with E-state index >= 15 is 0 Å². The maximum Gasteiger partial charge on any atom is 0.324 e. The zero-order valence-corrected chi connectivity index (χ0v) is 19.2. The molecule has 0 bridgehead atoms. The van der Waals surface area contributed by atoms with E-state index in [9.17, 15) is 14.4 Å². The van der Waals surface area contributed by atoms with Gasteiger partial charge in [0.25, 0.3) is 5.91 Å². The van der Waals surface area contributed by atoms with Crippen LogP contribution in [-0.4, -0.2) is 75.0 Å². The van der Waals surface area contributed by atoms with Crippen LogP contribution >= 0.6 is 0 Å². The van der Waals surface area contributed by atoms with Gasteiger partial charge in [0.1, 0.15) is 12.4 Å². The highest BCUT2D eigenvalue weighted by Gasteiger charge is 2.37. The monoisotopic (exact) mass is 451 g/mol. The predicted octanol–water partition coefficient (Wildman–Crippen LogP) is 1.57. The molecule has 0 aliphatic carbocycles. The first-order valence-corrected chi connectivity index (χ1v) is 11.4. The minimum Gasteiger partial charge on any atom is -0.356 e. The minimum absolute atomic E-state index is 0.0104. The summed E-state index contributed by atoms with van der Waals surface area (Å²) in [5.74, 6) is 0.525. The van der Waals surface area contributed by atoms with Crippen molar-refractivity contribution in [3.05, 3.63) is 40.8 Å². The highest BCUT2D eigenvalue weighted by Crippen LogP contribution is 2.32. The zero-order chi connectivity index (χ0) is 23.3. The molecule has 0 aromatic carbocycles. The van der Waals surface area contributed by atoms with Gasteiger partial charge in [0, 0.05) is 60.2 Å². The number of anilines is 1. The van der Waals surface area contributed by atoms with Crippen molar-refractivity contribution in [3.8, 4) is 0 Å². The number of carbonyl (C=O) groups is 3. The van der Waals surface area contributed by atoms with Crippen LogP contribution < -0.4 is 10.2 Å². The van der Waals surface area contributed by atoms with Crippen LogP contribution in [0.1, 0.15) is 54.0 Å². The van der Waals surface area contributed by atoms with Crippen LogP contribution in [0.2, 0.25) is 0 Å². The van der Waals surface area contributed by atoms with E-state index in [1.807, 2.05) is 24.0 Å². The van der Waals surface area contributed by atoms with Gasteiger partial charge in [-0.25, -0.2) is 9.78 Å². The number of rotatable bonds is 3. The number of pyridine rings is 1. The number of H-pyrrole nitrogens is 1. The molecule has 10 heteroatoms. The Kier molecular flexibility index (Phi) is 5.10. The lowest BCUT2D eigenvalue weighted by atomic mass is 9.83. The molecule has 0 spiro atoms. The van der Waals surface area contributed by atoms with Gasteiger partial charge in [-0.2, -0.15) is 5.10 Å².